The Morgan fingerprint density at radius 2 is 1.94 bits per heavy atom. The van der Waals surface area contributed by atoms with Crippen molar-refractivity contribution in [1.29, 1.82) is 0 Å². The molecule has 96 valence electrons. The van der Waals surface area contributed by atoms with Crippen LogP contribution in [0.15, 0.2) is 24.3 Å². The highest BCUT2D eigenvalue weighted by Crippen LogP contribution is 2.21. The molecule has 0 bridgehead atoms. The van der Waals surface area contributed by atoms with Gasteiger partial charge >= 0.3 is 0 Å². The van der Waals surface area contributed by atoms with Crippen molar-refractivity contribution in [3.05, 3.63) is 34.9 Å². The van der Waals surface area contributed by atoms with Gasteiger partial charge in [-0.1, -0.05) is 30.7 Å². The van der Waals surface area contributed by atoms with E-state index in [0.29, 0.717) is 13.1 Å². The first-order valence-electron chi connectivity index (χ1n) is 6.03. The zero-order valence-corrected chi connectivity index (χ0v) is 11.0. The van der Waals surface area contributed by atoms with Gasteiger partial charge in [-0.05, 0) is 30.7 Å². The molecule has 1 atom stereocenters. The van der Waals surface area contributed by atoms with Crippen LogP contribution < -0.4 is 5.73 Å². The van der Waals surface area contributed by atoms with Gasteiger partial charge in [-0.2, -0.15) is 0 Å². The van der Waals surface area contributed by atoms with Gasteiger partial charge in [0.05, 0.1) is 6.61 Å². The van der Waals surface area contributed by atoms with Crippen LogP contribution in [0.2, 0.25) is 5.02 Å². The predicted molar refractivity (Wildman–Crippen MR) is 72.2 cm³/mol. The van der Waals surface area contributed by atoms with Crippen LogP contribution in [0.5, 0.6) is 0 Å². The fraction of sp³-hybridized carbons (Fsp3) is 0.538. The van der Waals surface area contributed by atoms with Gasteiger partial charge in [-0.3, -0.25) is 4.90 Å². The van der Waals surface area contributed by atoms with E-state index < -0.39 is 0 Å². The molecule has 0 aliphatic rings. The summed E-state index contributed by atoms with van der Waals surface area (Å²) >= 11 is 5.88. The van der Waals surface area contributed by atoms with Crippen molar-refractivity contribution in [3.63, 3.8) is 0 Å². The summed E-state index contributed by atoms with van der Waals surface area (Å²) in [6.07, 6.45) is 1.05. The first-order chi connectivity index (χ1) is 8.22. The molecule has 0 spiro atoms. The number of hydrogen-bond donors (Lipinski definition) is 2. The third-order valence-electron chi connectivity index (χ3n) is 2.82. The Bertz CT molecular complexity index is 310. The summed E-state index contributed by atoms with van der Waals surface area (Å²) in [6.45, 7) is 4.41. The highest BCUT2D eigenvalue weighted by molar-refractivity contribution is 6.30. The zero-order valence-electron chi connectivity index (χ0n) is 10.3. The summed E-state index contributed by atoms with van der Waals surface area (Å²) in [6, 6.07) is 7.91. The van der Waals surface area contributed by atoms with Gasteiger partial charge in [0.15, 0.2) is 0 Å². The van der Waals surface area contributed by atoms with E-state index in [9.17, 15) is 0 Å². The van der Waals surface area contributed by atoms with Gasteiger partial charge in [0.25, 0.3) is 0 Å². The van der Waals surface area contributed by atoms with E-state index >= 15 is 0 Å². The summed E-state index contributed by atoms with van der Waals surface area (Å²) in [4.78, 5) is 2.21. The second-order valence-electron chi connectivity index (χ2n) is 4.06. The molecule has 3 nitrogen and oxygen atoms in total. The van der Waals surface area contributed by atoms with Crippen molar-refractivity contribution >= 4 is 11.6 Å². The molecule has 0 amide bonds. The second-order valence-corrected chi connectivity index (χ2v) is 4.50. The lowest BCUT2D eigenvalue weighted by molar-refractivity contribution is 0.153. The Balaban J connectivity index is 2.83. The normalized spacial score (nSPS) is 13.0. The molecule has 0 aromatic heterocycles. The maximum atomic E-state index is 9.10. The van der Waals surface area contributed by atoms with Gasteiger partial charge in [-0.15, -0.1) is 0 Å². The predicted octanol–water partition coefficient (Wildman–Crippen LogP) is 2.04. The monoisotopic (exact) mass is 256 g/mol. The molecule has 0 aliphatic heterocycles. The molecule has 17 heavy (non-hydrogen) atoms. The number of nitrogens with two attached hydrogens (primary N) is 1. The van der Waals surface area contributed by atoms with E-state index in [-0.39, 0.29) is 12.6 Å². The van der Waals surface area contributed by atoms with Gasteiger partial charge < -0.3 is 10.8 Å². The molecular weight excluding hydrogens is 236 g/mol. The minimum Gasteiger partial charge on any atom is -0.395 e. The van der Waals surface area contributed by atoms with Crippen molar-refractivity contribution in [2.75, 3.05) is 26.2 Å². The highest BCUT2D eigenvalue weighted by Gasteiger charge is 2.17. The zero-order chi connectivity index (χ0) is 12.7. The standard InChI is InChI=1S/C13H21ClN2O/c1-2-7-16(8-9-17)13(10-15)11-3-5-12(14)6-4-11/h3-6,13,17H,2,7-10,15H2,1H3. The lowest BCUT2D eigenvalue weighted by atomic mass is 10.1. The molecule has 3 N–H and O–H groups in total. The number of halogens is 1. The summed E-state index contributed by atoms with van der Waals surface area (Å²) in [5.41, 5.74) is 7.00. The summed E-state index contributed by atoms with van der Waals surface area (Å²) in [7, 11) is 0. The molecule has 1 aromatic carbocycles. The Morgan fingerprint density at radius 1 is 1.29 bits per heavy atom. The van der Waals surface area contributed by atoms with Crippen LogP contribution in [-0.4, -0.2) is 36.2 Å². The molecule has 1 unspecified atom stereocenters. The molecule has 1 aromatic rings. The van der Waals surface area contributed by atoms with Gasteiger partial charge in [0.1, 0.15) is 0 Å². The fourth-order valence-corrected chi connectivity index (χ4v) is 2.15. The molecular formula is C13H21ClN2O. The molecule has 4 heteroatoms. The Morgan fingerprint density at radius 3 is 2.41 bits per heavy atom. The topological polar surface area (TPSA) is 49.5 Å². The third kappa shape index (κ3) is 4.28. The number of hydrogen-bond acceptors (Lipinski definition) is 3. The lowest BCUT2D eigenvalue weighted by Gasteiger charge is -2.30. The Labute approximate surface area is 108 Å². The van der Waals surface area contributed by atoms with Crippen molar-refractivity contribution in [1.82, 2.24) is 4.90 Å². The number of nitrogens with zero attached hydrogens (tertiary/aromatic N) is 1. The second kappa shape index (κ2) is 7.67. The number of benzene rings is 1. The number of aliphatic hydroxyl groups excluding tert-OH is 1. The van der Waals surface area contributed by atoms with E-state index in [4.69, 9.17) is 22.4 Å². The maximum Gasteiger partial charge on any atom is 0.0558 e. The highest BCUT2D eigenvalue weighted by atomic mass is 35.5. The SMILES string of the molecule is CCCN(CCO)C(CN)c1ccc(Cl)cc1. The van der Waals surface area contributed by atoms with E-state index in [1.54, 1.807) is 0 Å². The van der Waals surface area contributed by atoms with E-state index in [1.165, 1.54) is 0 Å². The average Bonchev–Trinajstić information content (AvgIpc) is 2.33. The van der Waals surface area contributed by atoms with Crippen LogP contribution in [0.25, 0.3) is 0 Å². The molecule has 0 heterocycles. The Hall–Kier alpha value is -0.610. The van der Waals surface area contributed by atoms with Gasteiger partial charge in [0, 0.05) is 24.2 Å². The number of aliphatic hydroxyl groups is 1. The van der Waals surface area contributed by atoms with Crippen molar-refractivity contribution < 1.29 is 5.11 Å². The quantitative estimate of drug-likeness (QED) is 0.785. The molecule has 0 saturated heterocycles. The van der Waals surface area contributed by atoms with Crippen LogP contribution in [0.3, 0.4) is 0 Å². The molecule has 0 radical (unpaired) electrons. The third-order valence-corrected chi connectivity index (χ3v) is 3.07. The van der Waals surface area contributed by atoms with Crippen molar-refractivity contribution in [2.24, 2.45) is 5.73 Å². The van der Waals surface area contributed by atoms with Crippen molar-refractivity contribution in [3.8, 4) is 0 Å². The van der Waals surface area contributed by atoms with Crippen LogP contribution in [0, 0.1) is 0 Å². The first kappa shape index (κ1) is 14.5. The lowest BCUT2D eigenvalue weighted by Crippen LogP contribution is -2.36. The molecule has 0 saturated carbocycles. The van der Waals surface area contributed by atoms with Crippen molar-refractivity contribution in [2.45, 2.75) is 19.4 Å². The van der Waals surface area contributed by atoms with Crippen LogP contribution in [0.4, 0.5) is 0 Å². The van der Waals surface area contributed by atoms with Crippen LogP contribution >= 0.6 is 11.6 Å². The minimum atomic E-state index is 0.152. The average molecular weight is 257 g/mol. The molecule has 0 aliphatic carbocycles. The smallest absolute Gasteiger partial charge is 0.0558 e. The molecule has 1 rings (SSSR count). The van der Waals surface area contributed by atoms with Gasteiger partial charge in [0.2, 0.25) is 0 Å². The van der Waals surface area contributed by atoms with Crippen LogP contribution in [0.1, 0.15) is 24.9 Å². The maximum absolute atomic E-state index is 9.10. The van der Waals surface area contributed by atoms with E-state index in [1.807, 2.05) is 24.3 Å². The minimum absolute atomic E-state index is 0.152. The van der Waals surface area contributed by atoms with Gasteiger partial charge in [-0.25, -0.2) is 0 Å². The Kier molecular flexibility index (Phi) is 6.52. The summed E-state index contributed by atoms with van der Waals surface area (Å²) in [5.74, 6) is 0. The van der Waals surface area contributed by atoms with E-state index in [2.05, 4.69) is 11.8 Å². The fourth-order valence-electron chi connectivity index (χ4n) is 2.02. The summed E-state index contributed by atoms with van der Waals surface area (Å²) in [5, 5.41) is 9.83. The largest absolute Gasteiger partial charge is 0.395 e. The van der Waals surface area contributed by atoms with E-state index in [0.717, 1.165) is 23.6 Å². The number of rotatable bonds is 7. The summed E-state index contributed by atoms with van der Waals surface area (Å²) < 4.78 is 0. The molecule has 0 fully saturated rings. The van der Waals surface area contributed by atoms with Crippen LogP contribution in [-0.2, 0) is 0 Å². The first-order valence-corrected chi connectivity index (χ1v) is 6.41.